The monoisotopic (exact) mass is 363 g/mol. The van der Waals surface area contributed by atoms with Crippen molar-refractivity contribution in [2.45, 2.75) is 13.5 Å². The van der Waals surface area contributed by atoms with Crippen LogP contribution in [0.2, 0.25) is 4.34 Å². The Bertz CT molecular complexity index is 737. The lowest BCUT2D eigenvalue weighted by Crippen LogP contribution is -2.28. The molecule has 0 saturated heterocycles. The van der Waals surface area contributed by atoms with Gasteiger partial charge in [0.25, 0.3) is 0 Å². The van der Waals surface area contributed by atoms with Crippen LogP contribution >= 0.6 is 22.9 Å². The van der Waals surface area contributed by atoms with Gasteiger partial charge in [0, 0.05) is 17.5 Å². The second-order valence-corrected chi connectivity index (χ2v) is 6.80. The predicted molar refractivity (Wildman–Crippen MR) is 97.2 cm³/mol. The van der Waals surface area contributed by atoms with Crippen molar-refractivity contribution in [2.24, 2.45) is 0 Å². The first kappa shape index (κ1) is 18.2. The molecule has 0 aliphatic rings. The fraction of sp³-hybridized carbons (Fsp3) is 0.222. The molecule has 1 aromatic heterocycles. The number of amides is 1. The molecule has 2 aromatic rings. The minimum absolute atomic E-state index is 0.0703. The lowest BCUT2D eigenvalue weighted by atomic mass is 10.1. The number of likely N-dealkylation sites (N-methyl/N-ethyl adjacent to an activating group) is 1. The highest BCUT2D eigenvalue weighted by atomic mass is 35.5. The largest absolute Gasteiger partial charge is 0.465 e. The minimum Gasteiger partial charge on any atom is -0.465 e. The number of methoxy groups -OCH3 is 1. The maximum Gasteiger partial charge on any atom is 0.337 e. The van der Waals surface area contributed by atoms with Gasteiger partial charge in [0.2, 0.25) is 5.91 Å². The van der Waals surface area contributed by atoms with Crippen molar-refractivity contribution in [3.8, 4) is 0 Å². The summed E-state index contributed by atoms with van der Waals surface area (Å²) in [7, 11) is 1.34. The van der Waals surface area contributed by atoms with E-state index in [1.54, 1.807) is 35.2 Å². The standard InChI is InChI=1S/C18H18ClNO3S/c1-3-20(12-15-9-10-16(19)24-15)17(21)11-6-13-4-7-14(8-5-13)18(22)23-2/h4-11H,3,12H2,1-2H3/b11-6+. The van der Waals surface area contributed by atoms with Crippen molar-refractivity contribution >= 4 is 40.9 Å². The molecule has 0 atom stereocenters. The van der Waals surface area contributed by atoms with Crippen LogP contribution in [0.15, 0.2) is 42.5 Å². The Labute approximate surface area is 150 Å². The molecule has 0 N–H and O–H groups in total. The summed E-state index contributed by atoms with van der Waals surface area (Å²) in [6.45, 7) is 3.09. The van der Waals surface area contributed by atoms with Crippen molar-refractivity contribution in [3.05, 3.63) is 62.8 Å². The number of thiophene rings is 1. The van der Waals surface area contributed by atoms with Gasteiger partial charge in [0.1, 0.15) is 0 Å². The van der Waals surface area contributed by atoms with E-state index < -0.39 is 0 Å². The molecule has 4 nitrogen and oxygen atoms in total. The minimum atomic E-state index is -0.381. The molecule has 0 bridgehead atoms. The number of hydrogen-bond donors (Lipinski definition) is 0. The zero-order valence-corrected chi connectivity index (χ0v) is 15.1. The SMILES string of the molecule is CCN(Cc1ccc(Cl)s1)C(=O)/C=C/c1ccc(C(=O)OC)cc1. The van der Waals surface area contributed by atoms with Gasteiger partial charge in [0.05, 0.1) is 23.6 Å². The van der Waals surface area contributed by atoms with E-state index in [4.69, 9.17) is 11.6 Å². The molecule has 0 unspecified atom stereocenters. The van der Waals surface area contributed by atoms with Crippen molar-refractivity contribution in [1.29, 1.82) is 0 Å². The number of nitrogens with zero attached hydrogens (tertiary/aromatic N) is 1. The Hall–Kier alpha value is -2.11. The molecule has 0 fully saturated rings. The number of hydrogen-bond acceptors (Lipinski definition) is 4. The second kappa shape index (κ2) is 8.66. The van der Waals surface area contributed by atoms with Crippen LogP contribution in [0.1, 0.15) is 27.7 Å². The van der Waals surface area contributed by atoms with E-state index in [0.717, 1.165) is 14.8 Å². The highest BCUT2D eigenvalue weighted by Crippen LogP contribution is 2.22. The van der Waals surface area contributed by atoms with Gasteiger partial charge in [0.15, 0.2) is 0 Å². The van der Waals surface area contributed by atoms with Crippen LogP contribution < -0.4 is 0 Å². The van der Waals surface area contributed by atoms with Crippen LogP contribution in [0.5, 0.6) is 0 Å². The van der Waals surface area contributed by atoms with Crippen LogP contribution in [0.25, 0.3) is 6.08 Å². The molecule has 2 rings (SSSR count). The van der Waals surface area contributed by atoms with Crippen LogP contribution in [0.3, 0.4) is 0 Å². The lowest BCUT2D eigenvalue weighted by molar-refractivity contribution is -0.126. The molecule has 24 heavy (non-hydrogen) atoms. The number of rotatable bonds is 6. The van der Waals surface area contributed by atoms with E-state index in [2.05, 4.69) is 4.74 Å². The van der Waals surface area contributed by atoms with E-state index in [9.17, 15) is 9.59 Å². The van der Waals surface area contributed by atoms with E-state index in [0.29, 0.717) is 18.7 Å². The Balaban J connectivity index is 2.01. The number of halogens is 1. The van der Waals surface area contributed by atoms with Crippen molar-refractivity contribution in [3.63, 3.8) is 0 Å². The molecule has 0 aliphatic carbocycles. The number of ether oxygens (including phenoxy) is 1. The van der Waals surface area contributed by atoms with Gasteiger partial charge >= 0.3 is 5.97 Å². The van der Waals surface area contributed by atoms with E-state index in [1.807, 2.05) is 19.1 Å². The third-order valence-corrected chi connectivity index (χ3v) is 4.63. The molecule has 126 valence electrons. The van der Waals surface area contributed by atoms with Crippen LogP contribution in [0, 0.1) is 0 Å². The third-order valence-electron chi connectivity index (χ3n) is 3.42. The quantitative estimate of drug-likeness (QED) is 0.569. The van der Waals surface area contributed by atoms with Crippen LogP contribution in [-0.2, 0) is 16.1 Å². The highest BCUT2D eigenvalue weighted by Gasteiger charge is 2.10. The Morgan fingerprint density at radius 1 is 1.21 bits per heavy atom. The highest BCUT2D eigenvalue weighted by molar-refractivity contribution is 7.16. The second-order valence-electron chi connectivity index (χ2n) is 5.01. The third kappa shape index (κ3) is 4.94. The summed E-state index contributed by atoms with van der Waals surface area (Å²) in [6, 6.07) is 10.6. The van der Waals surface area contributed by atoms with Gasteiger partial charge in [-0.05, 0) is 42.8 Å². The van der Waals surface area contributed by atoms with Gasteiger partial charge in [-0.25, -0.2) is 4.79 Å². The van der Waals surface area contributed by atoms with Crippen LogP contribution in [-0.4, -0.2) is 30.4 Å². The maximum atomic E-state index is 12.3. The van der Waals surface area contributed by atoms with Gasteiger partial charge in [-0.1, -0.05) is 23.7 Å². The fourth-order valence-corrected chi connectivity index (χ4v) is 3.19. The Morgan fingerprint density at radius 3 is 2.46 bits per heavy atom. The molecular formula is C18H18ClNO3S. The lowest BCUT2D eigenvalue weighted by Gasteiger charge is -2.18. The summed E-state index contributed by atoms with van der Waals surface area (Å²) in [4.78, 5) is 26.5. The van der Waals surface area contributed by atoms with Crippen molar-refractivity contribution < 1.29 is 14.3 Å². The van der Waals surface area contributed by atoms with Crippen LogP contribution in [0.4, 0.5) is 0 Å². The average molecular weight is 364 g/mol. The Kier molecular flexibility index (Phi) is 6.58. The number of carbonyl (C=O) groups excluding carboxylic acids is 2. The smallest absolute Gasteiger partial charge is 0.337 e. The number of benzene rings is 1. The number of carbonyl (C=O) groups is 2. The molecule has 0 aliphatic heterocycles. The molecule has 0 spiro atoms. The molecular weight excluding hydrogens is 346 g/mol. The van der Waals surface area contributed by atoms with E-state index >= 15 is 0 Å². The number of esters is 1. The van der Waals surface area contributed by atoms with Crippen molar-refractivity contribution in [1.82, 2.24) is 4.90 Å². The fourth-order valence-electron chi connectivity index (χ4n) is 2.09. The van der Waals surface area contributed by atoms with Gasteiger partial charge in [-0.3, -0.25) is 4.79 Å². The first-order valence-electron chi connectivity index (χ1n) is 7.43. The summed E-state index contributed by atoms with van der Waals surface area (Å²) < 4.78 is 5.37. The molecule has 1 amide bonds. The first-order chi connectivity index (χ1) is 11.5. The van der Waals surface area contributed by atoms with Gasteiger partial charge in [-0.2, -0.15) is 0 Å². The maximum absolute atomic E-state index is 12.3. The average Bonchev–Trinajstić information content (AvgIpc) is 3.02. The van der Waals surface area contributed by atoms with E-state index in [-0.39, 0.29) is 11.9 Å². The Morgan fingerprint density at radius 2 is 1.92 bits per heavy atom. The molecule has 0 radical (unpaired) electrons. The van der Waals surface area contributed by atoms with Gasteiger partial charge < -0.3 is 9.64 Å². The summed E-state index contributed by atoms with van der Waals surface area (Å²) in [6.07, 6.45) is 3.26. The molecule has 0 saturated carbocycles. The zero-order valence-electron chi connectivity index (χ0n) is 13.5. The molecule has 1 heterocycles. The summed E-state index contributed by atoms with van der Waals surface area (Å²) in [5.41, 5.74) is 1.32. The normalized spacial score (nSPS) is 10.8. The predicted octanol–water partition coefficient (Wildman–Crippen LogP) is 4.25. The first-order valence-corrected chi connectivity index (χ1v) is 8.62. The summed E-state index contributed by atoms with van der Waals surface area (Å²) in [5.74, 6) is -0.451. The van der Waals surface area contributed by atoms with Crippen molar-refractivity contribution in [2.75, 3.05) is 13.7 Å². The van der Waals surface area contributed by atoms with E-state index in [1.165, 1.54) is 24.5 Å². The topological polar surface area (TPSA) is 46.6 Å². The molecule has 6 heteroatoms. The molecule has 1 aromatic carbocycles. The zero-order chi connectivity index (χ0) is 17.5. The van der Waals surface area contributed by atoms with Gasteiger partial charge in [-0.15, -0.1) is 11.3 Å². The summed E-state index contributed by atoms with van der Waals surface area (Å²) >= 11 is 7.39. The summed E-state index contributed by atoms with van der Waals surface area (Å²) in [5, 5.41) is 0.